The second-order valence-electron chi connectivity index (χ2n) is 12.0. The van der Waals surface area contributed by atoms with Gasteiger partial charge >= 0.3 is 118 Å². The van der Waals surface area contributed by atoms with Gasteiger partial charge < -0.3 is 44.7 Å². The largest absolute Gasteiger partial charge is 1.00 e. The summed E-state index contributed by atoms with van der Waals surface area (Å²) in [6.45, 7) is 1.37. The molecule has 0 heterocycles. The van der Waals surface area contributed by atoms with Crippen molar-refractivity contribution in [1.29, 1.82) is 0 Å². The van der Waals surface area contributed by atoms with Crippen LogP contribution in [0.4, 0.5) is 28.4 Å². The van der Waals surface area contributed by atoms with E-state index >= 15 is 0 Å². The van der Waals surface area contributed by atoms with Gasteiger partial charge in [-0.15, -0.1) is 24.8 Å². The summed E-state index contributed by atoms with van der Waals surface area (Å²) in [5, 5.41) is 53.7. The molecule has 0 saturated heterocycles. The molecule has 0 aromatic heterocycles. The normalized spacial score (nSPS) is 11.8. The predicted octanol–water partition coefficient (Wildman–Crippen LogP) is -8.70. The smallest absolute Gasteiger partial charge is 0.744 e. The fourth-order valence-electron chi connectivity index (χ4n) is 5.41. The molecule has 3 N–H and O–H groups in total. The summed E-state index contributed by atoms with van der Waals surface area (Å²) in [6.07, 6.45) is 0. The molecular formula is C32H35N5Na4O22S6. The van der Waals surface area contributed by atoms with Crippen LogP contribution in [0.5, 0.6) is 23.0 Å². The van der Waals surface area contributed by atoms with Crippen LogP contribution in [0.1, 0.15) is 19.9 Å². The van der Waals surface area contributed by atoms with Crippen LogP contribution >= 0.6 is 24.4 Å². The molecule has 0 unspecified atom stereocenters. The minimum absolute atomic E-state index is 0. The van der Waals surface area contributed by atoms with Gasteiger partial charge in [0, 0.05) is 23.6 Å². The zero-order chi connectivity index (χ0) is 47.6. The Morgan fingerprint density at radius 2 is 1.25 bits per heavy atom. The number of fused-ring (bicyclic) bond motifs is 1. The predicted molar refractivity (Wildman–Crippen MR) is 218 cm³/mol. The van der Waals surface area contributed by atoms with Crippen molar-refractivity contribution in [2.75, 3.05) is 51.3 Å². The van der Waals surface area contributed by atoms with Gasteiger partial charge in [0.05, 0.1) is 83.3 Å². The van der Waals surface area contributed by atoms with Crippen molar-refractivity contribution < 1.29 is 218 Å². The monoisotopic (exact) mass is 1120 g/mol. The van der Waals surface area contributed by atoms with E-state index in [-0.39, 0.29) is 201 Å². The third kappa shape index (κ3) is 19.3. The minimum atomic E-state index is -5.47. The first-order valence-electron chi connectivity index (χ1n) is 16.9. The first-order chi connectivity index (χ1) is 30.0. The van der Waals surface area contributed by atoms with Crippen LogP contribution in [0, 0.1) is 6.92 Å². The van der Waals surface area contributed by atoms with Crippen molar-refractivity contribution in [1.82, 2.24) is 0 Å². The zero-order valence-electron chi connectivity index (χ0n) is 36.8. The minimum Gasteiger partial charge on any atom is -0.744 e. The van der Waals surface area contributed by atoms with Crippen molar-refractivity contribution in [2.24, 2.45) is 20.5 Å². The van der Waals surface area contributed by atoms with E-state index in [0.29, 0.717) is 6.07 Å². The number of benzene rings is 4. The van der Waals surface area contributed by atoms with Crippen molar-refractivity contribution in [2.45, 2.75) is 40.9 Å². The van der Waals surface area contributed by atoms with Crippen molar-refractivity contribution >= 4 is 104 Å². The van der Waals surface area contributed by atoms with Gasteiger partial charge in [-0.25, -0.2) is 33.7 Å². The fraction of sp³-hybridized carbons (Fsp3) is 0.312. The zero-order valence-corrected chi connectivity index (χ0v) is 49.7. The van der Waals surface area contributed by atoms with Crippen molar-refractivity contribution in [3.05, 3.63) is 42.0 Å². The summed E-state index contributed by atoms with van der Waals surface area (Å²) in [6, 6.07) is 5.91. The van der Waals surface area contributed by atoms with E-state index < -0.39 is 108 Å². The first-order valence-corrected chi connectivity index (χ1v) is 24.4. The average Bonchev–Trinajstić information content (AvgIpc) is 3.21. The Kier molecular flexibility index (Phi) is 32.0. The van der Waals surface area contributed by atoms with Gasteiger partial charge in [-0.3, -0.25) is 18.4 Å². The number of methoxy groups -OCH3 is 2. The van der Waals surface area contributed by atoms with E-state index in [4.69, 9.17) is 24.1 Å². The van der Waals surface area contributed by atoms with Crippen LogP contribution in [0.2, 0.25) is 0 Å². The quantitative estimate of drug-likeness (QED) is 0.00757. The van der Waals surface area contributed by atoms with Gasteiger partial charge in [0.15, 0.2) is 37.7 Å². The fourth-order valence-corrected chi connectivity index (χ4v) is 9.91. The van der Waals surface area contributed by atoms with E-state index in [2.05, 4.69) is 43.4 Å². The molecule has 0 aliphatic heterocycles. The van der Waals surface area contributed by atoms with E-state index in [1.54, 1.807) is 0 Å². The SMILES string of the molecule is C.CCOc1cc(S(=O)(=O)CCOS(=O)(=O)[O-])c(OC)cc1N=Nc1cc(S(=O)(=O)[O-])c2cc(SOO[O-])c(N=Nc3cc(C)c(S(=O)(=O)CCOSOO[O-])cc3OC)c(O)c2c1N.[Na+].[Na+].[Na+].[Na+]. The van der Waals surface area contributed by atoms with Crippen molar-refractivity contribution in [3.63, 3.8) is 0 Å². The van der Waals surface area contributed by atoms with Crippen LogP contribution in [0.25, 0.3) is 10.8 Å². The van der Waals surface area contributed by atoms with Gasteiger partial charge in [0.25, 0.3) is 0 Å². The standard InChI is InChI=1S/C31H35N5O22S6.CH4.4Na/c1-5-52-22-15-27(62(42,43)9-7-54-64(47,48)49)23(51-4)12-19(22)33-35-20-13-26(63(44,45)46)17-11-24(59-57-55-38)30(31(37)28(17)29(20)32)36-34-18-10-16(2)25(14-21(18)50-3)61(40,41)8-6-53-60-58-56-39;;;;;/h10-15,37-39H,5-9,32H2,1-4H3,(H,44,45,46)(H,47,48,49);1H4;;;;/q;;4*+1/p-4. The van der Waals surface area contributed by atoms with Crippen LogP contribution in [-0.4, -0.2) is 93.4 Å². The summed E-state index contributed by atoms with van der Waals surface area (Å²) < 4.78 is 156. The third-order valence-corrected chi connectivity index (χ3v) is 13.9. The molecule has 0 amide bonds. The van der Waals surface area contributed by atoms with Crippen LogP contribution < -0.4 is 149 Å². The molecule has 0 aliphatic carbocycles. The number of nitrogens with zero attached hydrogens (tertiary/aromatic N) is 4. The number of anilines is 1. The summed E-state index contributed by atoms with van der Waals surface area (Å²) in [4.78, 5) is -2.19. The van der Waals surface area contributed by atoms with Gasteiger partial charge in [0.2, 0.25) is 10.4 Å². The molecule has 360 valence electrons. The Morgan fingerprint density at radius 1 is 0.696 bits per heavy atom. The summed E-state index contributed by atoms with van der Waals surface area (Å²) >= 11 is 0.204. The molecule has 0 radical (unpaired) electrons. The van der Waals surface area contributed by atoms with E-state index in [1.807, 2.05) is 0 Å². The number of ether oxygens (including phenoxy) is 3. The second-order valence-corrected chi connectivity index (χ2v) is 19.8. The molecule has 0 saturated carbocycles. The van der Waals surface area contributed by atoms with Crippen molar-refractivity contribution in [3.8, 4) is 23.0 Å². The molecule has 0 fully saturated rings. The summed E-state index contributed by atoms with van der Waals surface area (Å²) in [5.74, 6) is -3.37. The Morgan fingerprint density at radius 3 is 1.81 bits per heavy atom. The van der Waals surface area contributed by atoms with E-state index in [9.17, 15) is 58.4 Å². The van der Waals surface area contributed by atoms with Gasteiger partial charge in [-0.05, 0) is 37.6 Å². The van der Waals surface area contributed by atoms with Gasteiger partial charge in [0.1, 0.15) is 55.0 Å². The number of aryl methyl sites for hydroxylation is 1. The average molecular weight is 1130 g/mol. The molecular weight excluding hydrogens is 1090 g/mol. The number of sulfone groups is 2. The number of nitrogen functional groups attached to an aromatic ring is 1. The first kappa shape index (κ1) is 70.5. The Hall–Kier alpha value is -0.560. The number of phenolic OH excluding ortho intramolecular Hbond substituents is 1. The van der Waals surface area contributed by atoms with Crippen LogP contribution in [-0.2, 0) is 67.3 Å². The molecule has 37 heteroatoms. The summed E-state index contributed by atoms with van der Waals surface area (Å²) in [5.41, 5.74) is 4.42. The Bertz CT molecular complexity index is 2900. The molecule has 4 aromatic carbocycles. The third-order valence-electron chi connectivity index (χ3n) is 8.07. The van der Waals surface area contributed by atoms with E-state index in [1.165, 1.54) is 27.0 Å². The maximum Gasteiger partial charge on any atom is 1.00 e. The number of azo groups is 2. The maximum atomic E-state index is 13.1. The summed E-state index contributed by atoms with van der Waals surface area (Å²) in [7, 11) is -16.9. The van der Waals surface area contributed by atoms with E-state index in [0.717, 1.165) is 31.4 Å². The number of hydrogen-bond acceptors (Lipinski definition) is 29. The van der Waals surface area contributed by atoms with Gasteiger partial charge in [-0.1, -0.05) is 7.43 Å². The van der Waals surface area contributed by atoms with Crippen LogP contribution in [0.15, 0.2) is 76.4 Å². The molecule has 4 rings (SSSR count). The number of rotatable bonds is 24. The number of phenols is 1. The molecule has 0 spiro atoms. The topological polar surface area (TPSA) is 408 Å². The molecule has 69 heavy (non-hydrogen) atoms. The van der Waals surface area contributed by atoms with Gasteiger partial charge in [-0.2, -0.15) is 4.33 Å². The Balaban J connectivity index is 0. The number of aromatic hydroxyl groups is 1. The van der Waals surface area contributed by atoms with Crippen LogP contribution in [0.3, 0.4) is 0 Å². The Labute approximate surface area is 492 Å². The molecule has 27 nitrogen and oxygen atoms in total. The number of hydrogen-bond donors (Lipinski definition) is 2. The molecule has 0 atom stereocenters. The number of nitrogens with two attached hydrogens (primary N) is 1. The molecule has 4 aromatic rings. The maximum absolute atomic E-state index is 13.1. The second kappa shape index (κ2) is 31.4. The molecule has 0 bridgehead atoms. The molecule has 0 aliphatic rings.